The molecule has 0 aliphatic heterocycles. The number of hydrogen-bond acceptors (Lipinski definition) is 2. The summed E-state index contributed by atoms with van der Waals surface area (Å²) < 4.78 is 20.3. The molecule has 0 bridgehead atoms. The van der Waals surface area contributed by atoms with Crippen molar-refractivity contribution in [2.45, 2.75) is 32.9 Å². The van der Waals surface area contributed by atoms with Gasteiger partial charge in [0.25, 0.3) is 0 Å². The molecule has 2 aromatic carbocycles. The minimum atomic E-state index is -0.273. The molecule has 0 saturated carbocycles. The quantitative estimate of drug-likeness (QED) is 0.868. The van der Waals surface area contributed by atoms with Crippen LogP contribution < -0.4 is 10.5 Å². The first kappa shape index (κ1) is 16.0. The van der Waals surface area contributed by atoms with Crippen molar-refractivity contribution < 1.29 is 9.13 Å². The lowest BCUT2D eigenvalue weighted by molar-refractivity contribution is 0.296. The van der Waals surface area contributed by atoms with Crippen molar-refractivity contribution in [3.63, 3.8) is 0 Å². The zero-order valence-electron chi connectivity index (χ0n) is 12.2. The van der Waals surface area contributed by atoms with Crippen LogP contribution in [0.15, 0.2) is 40.9 Å². The second-order valence-electron chi connectivity index (χ2n) is 5.32. The molecule has 1 atom stereocenters. The summed E-state index contributed by atoms with van der Waals surface area (Å²) in [5.41, 5.74) is 8.62. The minimum absolute atomic E-state index is 0.0542. The van der Waals surface area contributed by atoms with Crippen molar-refractivity contribution >= 4 is 15.9 Å². The van der Waals surface area contributed by atoms with Gasteiger partial charge in [0.15, 0.2) is 0 Å². The Balaban J connectivity index is 2.15. The number of nitrogens with two attached hydrogens (primary N) is 1. The highest BCUT2D eigenvalue weighted by Crippen LogP contribution is 2.23. The first-order valence-corrected chi connectivity index (χ1v) is 7.67. The predicted molar refractivity (Wildman–Crippen MR) is 87.0 cm³/mol. The van der Waals surface area contributed by atoms with E-state index in [4.69, 9.17) is 10.5 Å². The Morgan fingerprint density at radius 2 is 1.95 bits per heavy atom. The molecule has 0 aromatic heterocycles. The van der Waals surface area contributed by atoms with Crippen molar-refractivity contribution in [1.29, 1.82) is 0 Å². The lowest BCUT2D eigenvalue weighted by Gasteiger charge is -2.14. The lowest BCUT2D eigenvalue weighted by Crippen LogP contribution is -2.18. The molecule has 4 heteroatoms. The van der Waals surface area contributed by atoms with Crippen LogP contribution in [0.25, 0.3) is 0 Å². The maximum absolute atomic E-state index is 13.8. The van der Waals surface area contributed by atoms with Crippen LogP contribution in [-0.4, -0.2) is 6.04 Å². The summed E-state index contributed by atoms with van der Waals surface area (Å²) in [6.45, 7) is 4.19. The molecule has 0 aliphatic carbocycles. The third-order valence-electron chi connectivity index (χ3n) is 3.16. The van der Waals surface area contributed by atoms with Gasteiger partial charge in [0.05, 0.1) is 0 Å². The number of aryl methyl sites for hydroxylation is 1. The molecule has 0 aliphatic rings. The van der Waals surface area contributed by atoms with Gasteiger partial charge >= 0.3 is 0 Å². The van der Waals surface area contributed by atoms with Crippen molar-refractivity contribution in [3.05, 3.63) is 63.4 Å². The van der Waals surface area contributed by atoms with Crippen molar-refractivity contribution in [3.8, 4) is 5.75 Å². The third kappa shape index (κ3) is 4.55. The summed E-state index contributed by atoms with van der Waals surface area (Å²) in [4.78, 5) is 0. The summed E-state index contributed by atoms with van der Waals surface area (Å²) in [6.07, 6.45) is 0.736. The molecule has 112 valence electrons. The van der Waals surface area contributed by atoms with Gasteiger partial charge in [-0.2, -0.15) is 0 Å². The molecule has 0 saturated heterocycles. The fraction of sp³-hybridized carbons (Fsp3) is 0.294. The molecule has 2 rings (SSSR count). The van der Waals surface area contributed by atoms with Gasteiger partial charge in [-0.25, -0.2) is 4.39 Å². The van der Waals surface area contributed by atoms with E-state index in [1.54, 1.807) is 12.1 Å². The maximum atomic E-state index is 13.8. The maximum Gasteiger partial charge on any atom is 0.130 e. The number of rotatable bonds is 5. The molecule has 2 N–H and O–H groups in total. The lowest BCUT2D eigenvalue weighted by atomic mass is 10.0. The van der Waals surface area contributed by atoms with Crippen LogP contribution in [0.3, 0.4) is 0 Å². The van der Waals surface area contributed by atoms with Gasteiger partial charge in [0.2, 0.25) is 0 Å². The average molecular weight is 352 g/mol. The van der Waals surface area contributed by atoms with E-state index in [9.17, 15) is 4.39 Å². The van der Waals surface area contributed by atoms with E-state index >= 15 is 0 Å². The zero-order valence-corrected chi connectivity index (χ0v) is 13.8. The smallest absolute Gasteiger partial charge is 0.130 e. The van der Waals surface area contributed by atoms with Crippen molar-refractivity contribution in [2.75, 3.05) is 0 Å². The molecular weight excluding hydrogens is 333 g/mol. The zero-order chi connectivity index (χ0) is 15.4. The Kier molecular flexibility index (Phi) is 5.37. The molecule has 0 spiro atoms. The first-order valence-electron chi connectivity index (χ1n) is 6.87. The van der Waals surface area contributed by atoms with Crippen LogP contribution in [-0.2, 0) is 13.0 Å². The second-order valence-corrected chi connectivity index (χ2v) is 6.23. The standard InChI is InChI=1S/C17H19BrFNO/c1-11-3-6-17(14(7-11)8-12(2)20)21-10-13-4-5-15(18)9-16(13)19/h3-7,9,12H,8,10,20H2,1-2H3. The number of ether oxygens (including phenoxy) is 1. The fourth-order valence-corrected chi connectivity index (χ4v) is 2.48. The Morgan fingerprint density at radius 3 is 2.62 bits per heavy atom. The van der Waals surface area contributed by atoms with E-state index in [0.29, 0.717) is 5.56 Å². The van der Waals surface area contributed by atoms with Crippen LogP contribution in [0.2, 0.25) is 0 Å². The van der Waals surface area contributed by atoms with E-state index in [2.05, 4.69) is 22.0 Å². The van der Waals surface area contributed by atoms with Gasteiger partial charge in [-0.05, 0) is 44.0 Å². The summed E-state index contributed by atoms with van der Waals surface area (Å²) in [6, 6.07) is 11.0. The topological polar surface area (TPSA) is 35.2 Å². The number of benzene rings is 2. The van der Waals surface area contributed by atoms with Crippen molar-refractivity contribution in [2.24, 2.45) is 5.73 Å². The monoisotopic (exact) mass is 351 g/mol. The molecular formula is C17H19BrFNO. The SMILES string of the molecule is Cc1ccc(OCc2ccc(Br)cc2F)c(CC(C)N)c1. The average Bonchev–Trinajstić information content (AvgIpc) is 2.39. The van der Waals surface area contributed by atoms with E-state index in [0.717, 1.165) is 27.8 Å². The largest absolute Gasteiger partial charge is 0.489 e. The van der Waals surface area contributed by atoms with Gasteiger partial charge in [-0.3, -0.25) is 0 Å². The van der Waals surface area contributed by atoms with Gasteiger partial charge in [0.1, 0.15) is 18.2 Å². The second kappa shape index (κ2) is 7.05. The van der Waals surface area contributed by atoms with E-state index in [-0.39, 0.29) is 18.5 Å². The normalized spacial score (nSPS) is 12.2. The number of hydrogen-bond donors (Lipinski definition) is 1. The Bertz CT molecular complexity index is 628. The van der Waals surface area contributed by atoms with Crippen LogP contribution in [0.4, 0.5) is 4.39 Å². The van der Waals surface area contributed by atoms with E-state index in [1.807, 2.05) is 26.0 Å². The van der Waals surface area contributed by atoms with Gasteiger partial charge < -0.3 is 10.5 Å². The Hall–Kier alpha value is -1.39. The van der Waals surface area contributed by atoms with Crippen LogP contribution >= 0.6 is 15.9 Å². The van der Waals surface area contributed by atoms with Gasteiger partial charge in [-0.15, -0.1) is 0 Å². The molecule has 1 unspecified atom stereocenters. The molecule has 0 radical (unpaired) electrons. The highest BCUT2D eigenvalue weighted by atomic mass is 79.9. The van der Waals surface area contributed by atoms with E-state index in [1.165, 1.54) is 6.07 Å². The summed E-state index contributed by atoms with van der Waals surface area (Å²) in [5, 5.41) is 0. The molecule has 2 nitrogen and oxygen atoms in total. The molecule has 2 aromatic rings. The Morgan fingerprint density at radius 1 is 1.19 bits per heavy atom. The highest BCUT2D eigenvalue weighted by Gasteiger charge is 2.09. The predicted octanol–water partition coefficient (Wildman–Crippen LogP) is 4.37. The van der Waals surface area contributed by atoms with Crippen molar-refractivity contribution in [1.82, 2.24) is 0 Å². The minimum Gasteiger partial charge on any atom is -0.489 e. The van der Waals surface area contributed by atoms with Crippen LogP contribution in [0, 0.1) is 12.7 Å². The fourth-order valence-electron chi connectivity index (χ4n) is 2.15. The van der Waals surface area contributed by atoms with Gasteiger partial charge in [0, 0.05) is 16.1 Å². The molecule has 0 amide bonds. The van der Waals surface area contributed by atoms with Crippen LogP contribution in [0.5, 0.6) is 5.75 Å². The summed E-state index contributed by atoms with van der Waals surface area (Å²) in [7, 11) is 0. The molecule has 0 fully saturated rings. The third-order valence-corrected chi connectivity index (χ3v) is 3.65. The first-order chi connectivity index (χ1) is 9.95. The summed E-state index contributed by atoms with van der Waals surface area (Å²) in [5.74, 6) is 0.491. The number of halogens is 2. The summed E-state index contributed by atoms with van der Waals surface area (Å²) >= 11 is 3.24. The molecule has 0 heterocycles. The van der Waals surface area contributed by atoms with E-state index < -0.39 is 0 Å². The highest BCUT2D eigenvalue weighted by molar-refractivity contribution is 9.10. The van der Waals surface area contributed by atoms with Crippen LogP contribution in [0.1, 0.15) is 23.6 Å². The molecule has 21 heavy (non-hydrogen) atoms. The van der Waals surface area contributed by atoms with Gasteiger partial charge in [-0.1, -0.05) is 39.7 Å². The Labute approximate surface area is 133 Å².